The van der Waals surface area contributed by atoms with E-state index in [0.29, 0.717) is 10.7 Å². The van der Waals surface area contributed by atoms with Crippen LogP contribution in [0, 0.1) is 0 Å². The van der Waals surface area contributed by atoms with Crippen LogP contribution in [0.2, 0.25) is 5.02 Å². The molecule has 0 aromatic heterocycles. The van der Waals surface area contributed by atoms with Crippen molar-refractivity contribution in [3.63, 3.8) is 0 Å². The van der Waals surface area contributed by atoms with E-state index in [2.05, 4.69) is 5.32 Å². The average Bonchev–Trinajstić information content (AvgIpc) is 2.26. The highest BCUT2D eigenvalue weighted by atomic mass is 35.5. The molecule has 112 valence electrons. The number of hydrogen-bond acceptors (Lipinski definition) is 3. The summed E-state index contributed by atoms with van der Waals surface area (Å²) in [6.07, 6.45) is 1.20. The minimum atomic E-state index is -3.46. The molecule has 20 heavy (non-hydrogen) atoms. The number of nitrogens with zero attached hydrogens (tertiary/aromatic N) is 1. The molecule has 1 amide bonds. The molecule has 1 rings (SSSR count). The van der Waals surface area contributed by atoms with Gasteiger partial charge in [0.15, 0.2) is 0 Å². The van der Waals surface area contributed by atoms with E-state index in [1.807, 2.05) is 13.8 Å². The first-order valence-corrected chi connectivity index (χ1v) is 8.45. The van der Waals surface area contributed by atoms with Gasteiger partial charge < -0.3 is 5.32 Å². The van der Waals surface area contributed by atoms with Gasteiger partial charge in [0, 0.05) is 24.0 Å². The highest BCUT2D eigenvalue weighted by Crippen LogP contribution is 2.21. The Kier molecular flexibility index (Phi) is 5.83. The molecule has 0 fully saturated rings. The van der Waals surface area contributed by atoms with E-state index in [9.17, 15) is 13.2 Å². The van der Waals surface area contributed by atoms with E-state index in [1.54, 1.807) is 24.3 Å². The maximum atomic E-state index is 11.8. The van der Waals surface area contributed by atoms with Gasteiger partial charge >= 0.3 is 0 Å². The molecular formula is C13H19ClN2O3S. The van der Waals surface area contributed by atoms with Crippen LogP contribution in [0.25, 0.3) is 0 Å². The Morgan fingerprint density at radius 2 is 2.05 bits per heavy atom. The number of carbonyl (C=O) groups excluding carboxylic acids is 1. The second-order valence-corrected chi connectivity index (χ2v) is 7.13. The smallest absolute Gasteiger partial charge is 0.232 e. The Hall–Kier alpha value is -1.27. The number of carbonyl (C=O) groups is 1. The molecule has 1 aromatic rings. The first-order chi connectivity index (χ1) is 9.20. The maximum Gasteiger partial charge on any atom is 0.232 e. The van der Waals surface area contributed by atoms with Crippen molar-refractivity contribution in [1.82, 2.24) is 5.32 Å². The van der Waals surface area contributed by atoms with Crippen molar-refractivity contribution in [2.75, 3.05) is 17.1 Å². The van der Waals surface area contributed by atoms with E-state index in [0.717, 1.165) is 6.26 Å². The summed E-state index contributed by atoms with van der Waals surface area (Å²) in [6.45, 7) is 3.78. The number of rotatable bonds is 6. The Labute approximate surface area is 125 Å². The van der Waals surface area contributed by atoms with Gasteiger partial charge in [-0.05, 0) is 32.0 Å². The van der Waals surface area contributed by atoms with Gasteiger partial charge in [-0.25, -0.2) is 8.42 Å². The summed E-state index contributed by atoms with van der Waals surface area (Å²) < 4.78 is 24.8. The topological polar surface area (TPSA) is 66.5 Å². The van der Waals surface area contributed by atoms with Crippen LogP contribution in [-0.4, -0.2) is 33.2 Å². The Bertz CT molecular complexity index is 573. The first kappa shape index (κ1) is 16.8. The Morgan fingerprint density at radius 1 is 1.40 bits per heavy atom. The minimum absolute atomic E-state index is 0.0281. The van der Waals surface area contributed by atoms with Crippen LogP contribution in [0.1, 0.15) is 20.3 Å². The Morgan fingerprint density at radius 3 is 2.55 bits per heavy atom. The predicted molar refractivity (Wildman–Crippen MR) is 81.5 cm³/mol. The number of amides is 1. The van der Waals surface area contributed by atoms with Gasteiger partial charge in [-0.1, -0.05) is 17.7 Å². The van der Waals surface area contributed by atoms with Crippen molar-refractivity contribution in [2.45, 2.75) is 26.3 Å². The molecule has 0 radical (unpaired) electrons. The molecule has 0 spiro atoms. The van der Waals surface area contributed by atoms with Crippen molar-refractivity contribution >= 4 is 33.2 Å². The van der Waals surface area contributed by atoms with Gasteiger partial charge in [0.05, 0.1) is 11.9 Å². The van der Waals surface area contributed by atoms with Crippen molar-refractivity contribution in [1.29, 1.82) is 0 Å². The van der Waals surface area contributed by atoms with Crippen LogP contribution in [0.4, 0.5) is 5.69 Å². The average molecular weight is 319 g/mol. The van der Waals surface area contributed by atoms with Crippen LogP contribution in [0.3, 0.4) is 0 Å². The maximum absolute atomic E-state index is 11.8. The quantitative estimate of drug-likeness (QED) is 0.872. The molecule has 0 atom stereocenters. The highest BCUT2D eigenvalue weighted by molar-refractivity contribution is 7.92. The molecule has 0 aliphatic rings. The lowest BCUT2D eigenvalue weighted by molar-refractivity contribution is -0.121. The molecule has 0 bridgehead atoms. The zero-order valence-corrected chi connectivity index (χ0v) is 13.3. The van der Waals surface area contributed by atoms with Crippen LogP contribution in [-0.2, 0) is 14.8 Å². The molecule has 5 nitrogen and oxygen atoms in total. The van der Waals surface area contributed by atoms with Gasteiger partial charge in [-0.15, -0.1) is 0 Å². The number of sulfonamides is 1. The number of nitrogens with one attached hydrogen (secondary N) is 1. The zero-order valence-electron chi connectivity index (χ0n) is 11.8. The third-order valence-corrected chi connectivity index (χ3v) is 3.92. The lowest BCUT2D eigenvalue weighted by Gasteiger charge is -2.22. The molecule has 0 heterocycles. The highest BCUT2D eigenvalue weighted by Gasteiger charge is 2.18. The minimum Gasteiger partial charge on any atom is -0.354 e. The van der Waals surface area contributed by atoms with Crippen LogP contribution >= 0.6 is 11.6 Å². The summed E-state index contributed by atoms with van der Waals surface area (Å²) >= 11 is 5.87. The van der Waals surface area contributed by atoms with Crippen molar-refractivity contribution in [3.05, 3.63) is 29.3 Å². The molecule has 7 heteroatoms. The number of halogens is 1. The fourth-order valence-electron chi connectivity index (χ4n) is 1.71. The fourth-order valence-corrected chi connectivity index (χ4v) is 2.82. The number of hydrogen-bond donors (Lipinski definition) is 1. The zero-order chi connectivity index (χ0) is 15.3. The summed E-state index contributed by atoms with van der Waals surface area (Å²) in [5.41, 5.74) is 0.456. The normalized spacial score (nSPS) is 11.4. The monoisotopic (exact) mass is 318 g/mol. The van der Waals surface area contributed by atoms with E-state index in [-0.39, 0.29) is 24.9 Å². The molecule has 0 unspecified atom stereocenters. The van der Waals surface area contributed by atoms with Crippen molar-refractivity contribution in [2.24, 2.45) is 0 Å². The van der Waals surface area contributed by atoms with Crippen LogP contribution in [0.5, 0.6) is 0 Å². The van der Waals surface area contributed by atoms with Gasteiger partial charge in [-0.3, -0.25) is 9.10 Å². The van der Waals surface area contributed by atoms with E-state index < -0.39 is 10.0 Å². The van der Waals surface area contributed by atoms with Crippen LogP contribution < -0.4 is 9.62 Å². The van der Waals surface area contributed by atoms with Crippen molar-refractivity contribution < 1.29 is 13.2 Å². The van der Waals surface area contributed by atoms with E-state index in [1.165, 1.54) is 4.31 Å². The van der Waals surface area contributed by atoms with Gasteiger partial charge in [0.25, 0.3) is 0 Å². The van der Waals surface area contributed by atoms with Crippen molar-refractivity contribution in [3.8, 4) is 0 Å². The predicted octanol–water partition coefficient (Wildman–Crippen LogP) is 2.02. The summed E-state index contributed by atoms with van der Waals surface area (Å²) in [5, 5.41) is 3.17. The third-order valence-electron chi connectivity index (χ3n) is 2.49. The second kappa shape index (κ2) is 6.95. The lowest BCUT2D eigenvalue weighted by atomic mass is 10.3. The summed E-state index contributed by atoms with van der Waals surface area (Å²) in [6, 6.07) is 6.57. The third kappa shape index (κ3) is 5.38. The lowest BCUT2D eigenvalue weighted by Crippen LogP contribution is -2.36. The standard InChI is InChI=1S/C13H19ClN2O3S/c1-10(2)15-13(17)7-8-16(20(3,18)19)12-6-4-5-11(14)9-12/h4-6,9-10H,7-8H2,1-3H3,(H,15,17). The molecule has 1 N–H and O–H groups in total. The molecule has 0 aliphatic carbocycles. The first-order valence-electron chi connectivity index (χ1n) is 6.23. The van der Waals surface area contributed by atoms with E-state index >= 15 is 0 Å². The van der Waals surface area contributed by atoms with Gasteiger partial charge in [0.1, 0.15) is 0 Å². The second-order valence-electron chi connectivity index (χ2n) is 4.79. The number of benzene rings is 1. The largest absolute Gasteiger partial charge is 0.354 e. The molecule has 0 saturated carbocycles. The summed E-state index contributed by atoms with van der Waals surface area (Å²) in [5.74, 6) is -0.185. The molecular weight excluding hydrogens is 300 g/mol. The number of anilines is 1. The molecule has 0 saturated heterocycles. The molecule has 1 aromatic carbocycles. The molecule has 0 aliphatic heterocycles. The fraction of sp³-hybridized carbons (Fsp3) is 0.462. The Balaban J connectivity index is 2.85. The van der Waals surface area contributed by atoms with E-state index in [4.69, 9.17) is 11.6 Å². The summed E-state index contributed by atoms with van der Waals surface area (Å²) in [4.78, 5) is 11.6. The van der Waals surface area contributed by atoms with Crippen LogP contribution in [0.15, 0.2) is 24.3 Å². The SMILES string of the molecule is CC(C)NC(=O)CCN(c1cccc(Cl)c1)S(C)(=O)=O. The summed E-state index contributed by atoms with van der Waals surface area (Å²) in [7, 11) is -3.46. The van der Waals surface area contributed by atoms with Gasteiger partial charge in [0.2, 0.25) is 15.9 Å². The van der Waals surface area contributed by atoms with Gasteiger partial charge in [-0.2, -0.15) is 0 Å².